The SMILES string of the molecule is CC(C)NCc1cc2cccc3c2n1CCC3. The average molecular weight is 228 g/mol. The van der Waals surface area contributed by atoms with E-state index in [0.717, 1.165) is 6.54 Å². The maximum atomic E-state index is 3.52. The van der Waals surface area contributed by atoms with Crippen LogP contribution < -0.4 is 5.32 Å². The third-order valence-corrected chi connectivity index (χ3v) is 3.61. The zero-order valence-corrected chi connectivity index (χ0v) is 10.7. The summed E-state index contributed by atoms with van der Waals surface area (Å²) in [6.07, 6.45) is 2.51. The summed E-state index contributed by atoms with van der Waals surface area (Å²) in [5.74, 6) is 0. The second-order valence-corrected chi connectivity index (χ2v) is 5.28. The molecule has 2 nitrogen and oxygen atoms in total. The molecular weight excluding hydrogens is 208 g/mol. The number of hydrogen-bond donors (Lipinski definition) is 1. The molecule has 1 aliphatic heterocycles. The van der Waals surface area contributed by atoms with Crippen molar-refractivity contribution in [2.24, 2.45) is 0 Å². The van der Waals surface area contributed by atoms with Crippen molar-refractivity contribution in [2.75, 3.05) is 0 Å². The van der Waals surface area contributed by atoms with Crippen LogP contribution >= 0.6 is 0 Å². The Balaban J connectivity index is 2.05. The smallest absolute Gasteiger partial charge is 0.0515 e. The summed E-state index contributed by atoms with van der Waals surface area (Å²) in [6.45, 7) is 6.55. The van der Waals surface area contributed by atoms with Crippen LogP contribution in [0.4, 0.5) is 0 Å². The van der Waals surface area contributed by atoms with Crippen LogP contribution in [0.5, 0.6) is 0 Å². The summed E-state index contributed by atoms with van der Waals surface area (Å²) >= 11 is 0. The monoisotopic (exact) mass is 228 g/mol. The largest absolute Gasteiger partial charge is 0.343 e. The van der Waals surface area contributed by atoms with Gasteiger partial charge in [-0.15, -0.1) is 0 Å². The molecule has 0 radical (unpaired) electrons. The first-order valence-corrected chi connectivity index (χ1v) is 6.59. The van der Waals surface area contributed by atoms with Gasteiger partial charge >= 0.3 is 0 Å². The highest BCUT2D eigenvalue weighted by Gasteiger charge is 2.15. The van der Waals surface area contributed by atoms with Gasteiger partial charge in [-0.2, -0.15) is 0 Å². The Bertz CT molecular complexity index is 537. The molecule has 1 aromatic heterocycles. The first-order valence-electron chi connectivity index (χ1n) is 6.59. The zero-order chi connectivity index (χ0) is 11.8. The average Bonchev–Trinajstić information content (AvgIpc) is 2.68. The van der Waals surface area contributed by atoms with E-state index in [4.69, 9.17) is 0 Å². The van der Waals surface area contributed by atoms with Crippen LogP contribution in [0.2, 0.25) is 0 Å². The van der Waals surface area contributed by atoms with Crippen LogP contribution in [-0.4, -0.2) is 10.6 Å². The quantitative estimate of drug-likeness (QED) is 0.854. The molecule has 90 valence electrons. The molecule has 17 heavy (non-hydrogen) atoms. The fraction of sp³-hybridized carbons (Fsp3) is 0.467. The van der Waals surface area contributed by atoms with E-state index in [9.17, 15) is 0 Å². The lowest BCUT2D eigenvalue weighted by Gasteiger charge is -2.18. The van der Waals surface area contributed by atoms with Crippen LogP contribution in [0.25, 0.3) is 10.9 Å². The fourth-order valence-electron chi connectivity index (χ4n) is 2.80. The van der Waals surface area contributed by atoms with Crippen molar-refractivity contribution in [1.82, 2.24) is 9.88 Å². The predicted molar refractivity (Wildman–Crippen MR) is 72.2 cm³/mol. The van der Waals surface area contributed by atoms with Crippen LogP contribution in [0.15, 0.2) is 24.3 Å². The molecular formula is C15H20N2. The molecule has 2 aromatic rings. The predicted octanol–water partition coefficient (Wildman–Crippen LogP) is 3.09. The number of hydrogen-bond acceptors (Lipinski definition) is 1. The van der Waals surface area contributed by atoms with Gasteiger partial charge in [0.1, 0.15) is 0 Å². The van der Waals surface area contributed by atoms with Crippen LogP contribution in [0.3, 0.4) is 0 Å². The highest BCUT2D eigenvalue weighted by molar-refractivity contribution is 5.85. The zero-order valence-electron chi connectivity index (χ0n) is 10.7. The van der Waals surface area contributed by atoms with Crippen molar-refractivity contribution < 1.29 is 0 Å². The van der Waals surface area contributed by atoms with Crippen molar-refractivity contribution in [3.05, 3.63) is 35.5 Å². The lowest BCUT2D eigenvalue weighted by Crippen LogP contribution is -2.24. The maximum Gasteiger partial charge on any atom is 0.0515 e. The number of nitrogens with zero attached hydrogens (tertiary/aromatic N) is 1. The van der Waals surface area contributed by atoms with E-state index in [-0.39, 0.29) is 0 Å². The second kappa shape index (κ2) is 4.19. The molecule has 3 rings (SSSR count). The van der Waals surface area contributed by atoms with Gasteiger partial charge in [-0.3, -0.25) is 0 Å². The fourth-order valence-corrected chi connectivity index (χ4v) is 2.80. The highest BCUT2D eigenvalue weighted by atomic mass is 15.0. The Hall–Kier alpha value is -1.28. The Morgan fingerprint density at radius 3 is 3.06 bits per heavy atom. The van der Waals surface area contributed by atoms with Crippen LogP contribution in [0, 0.1) is 0 Å². The number of nitrogens with one attached hydrogen (secondary N) is 1. The summed E-state index contributed by atoms with van der Waals surface area (Å²) in [4.78, 5) is 0. The molecule has 0 fully saturated rings. The van der Waals surface area contributed by atoms with E-state index in [0.29, 0.717) is 6.04 Å². The summed E-state index contributed by atoms with van der Waals surface area (Å²) in [5, 5.41) is 4.93. The Labute approximate surface area is 103 Å². The Kier molecular flexibility index (Phi) is 2.67. The van der Waals surface area contributed by atoms with Crippen molar-refractivity contribution in [3.8, 4) is 0 Å². The van der Waals surface area contributed by atoms with Crippen LogP contribution in [0.1, 0.15) is 31.5 Å². The van der Waals surface area contributed by atoms with Gasteiger partial charge in [0.2, 0.25) is 0 Å². The van der Waals surface area contributed by atoms with Gasteiger partial charge in [-0.25, -0.2) is 0 Å². The van der Waals surface area contributed by atoms with Gasteiger partial charge in [0.15, 0.2) is 0 Å². The number of aromatic nitrogens is 1. The molecule has 0 atom stereocenters. The summed E-state index contributed by atoms with van der Waals surface area (Å²) in [5.41, 5.74) is 4.42. The molecule has 0 amide bonds. The summed E-state index contributed by atoms with van der Waals surface area (Å²) in [6, 6.07) is 9.59. The molecule has 2 heteroatoms. The molecule has 1 aliphatic rings. The van der Waals surface area contributed by atoms with Gasteiger partial charge < -0.3 is 9.88 Å². The van der Waals surface area contributed by atoms with Crippen molar-refractivity contribution in [1.29, 1.82) is 0 Å². The third-order valence-electron chi connectivity index (χ3n) is 3.61. The normalized spacial score (nSPS) is 14.8. The maximum absolute atomic E-state index is 3.52. The van der Waals surface area contributed by atoms with Crippen molar-refractivity contribution >= 4 is 10.9 Å². The number of para-hydroxylation sites is 1. The van der Waals surface area contributed by atoms with E-state index >= 15 is 0 Å². The minimum Gasteiger partial charge on any atom is -0.343 e. The lowest BCUT2D eigenvalue weighted by molar-refractivity contribution is 0.545. The summed E-state index contributed by atoms with van der Waals surface area (Å²) < 4.78 is 2.50. The minimum absolute atomic E-state index is 0.545. The Morgan fingerprint density at radius 1 is 1.35 bits per heavy atom. The van der Waals surface area contributed by atoms with Crippen molar-refractivity contribution in [2.45, 2.75) is 45.8 Å². The van der Waals surface area contributed by atoms with Gasteiger partial charge in [-0.05, 0) is 24.5 Å². The van der Waals surface area contributed by atoms with E-state index in [1.54, 1.807) is 0 Å². The third kappa shape index (κ3) is 1.87. The van der Waals surface area contributed by atoms with Crippen LogP contribution in [-0.2, 0) is 19.5 Å². The van der Waals surface area contributed by atoms with Gasteiger partial charge in [0.25, 0.3) is 0 Å². The molecule has 0 saturated heterocycles. The highest BCUT2D eigenvalue weighted by Crippen LogP contribution is 2.28. The molecule has 0 aliphatic carbocycles. The van der Waals surface area contributed by atoms with E-state index in [1.807, 2.05) is 0 Å². The second-order valence-electron chi connectivity index (χ2n) is 5.28. The van der Waals surface area contributed by atoms with E-state index in [1.165, 1.54) is 41.5 Å². The topological polar surface area (TPSA) is 17.0 Å². The van der Waals surface area contributed by atoms with Gasteiger partial charge in [0.05, 0.1) is 5.52 Å². The molecule has 0 unspecified atom stereocenters. The van der Waals surface area contributed by atoms with E-state index < -0.39 is 0 Å². The molecule has 1 N–H and O–H groups in total. The van der Waals surface area contributed by atoms with Crippen molar-refractivity contribution in [3.63, 3.8) is 0 Å². The number of benzene rings is 1. The standard InChI is InChI=1S/C15H20N2/c1-11(2)16-10-14-9-13-6-3-5-12-7-4-8-17(14)15(12)13/h3,5-6,9,11,16H,4,7-8,10H2,1-2H3. The first-order chi connectivity index (χ1) is 8.25. The number of aryl methyl sites for hydroxylation is 2. The lowest BCUT2D eigenvalue weighted by atomic mass is 10.0. The molecule has 0 bridgehead atoms. The molecule has 0 spiro atoms. The Morgan fingerprint density at radius 2 is 2.24 bits per heavy atom. The number of rotatable bonds is 3. The first kappa shape index (κ1) is 10.8. The summed E-state index contributed by atoms with van der Waals surface area (Å²) in [7, 11) is 0. The van der Waals surface area contributed by atoms with Gasteiger partial charge in [-0.1, -0.05) is 32.0 Å². The van der Waals surface area contributed by atoms with E-state index in [2.05, 4.69) is 48.0 Å². The molecule has 1 aromatic carbocycles. The van der Waals surface area contributed by atoms with Gasteiger partial charge in [0, 0.05) is 30.2 Å². The molecule has 2 heterocycles. The molecule has 0 saturated carbocycles. The minimum atomic E-state index is 0.545.